The number of carbonyl (C=O) groups is 2. The van der Waals surface area contributed by atoms with Crippen LogP contribution in [0.1, 0.15) is 28.6 Å². The number of hydrogen-bond acceptors (Lipinski definition) is 3. The Bertz CT molecular complexity index is 925. The largest absolute Gasteiger partial charge is 0.481 e. The fourth-order valence-corrected chi connectivity index (χ4v) is 2.66. The molecule has 0 unspecified atom stereocenters. The number of hydrogen-bond donors (Lipinski definition) is 2. The van der Waals surface area contributed by atoms with Gasteiger partial charge < -0.3 is 14.8 Å². The minimum absolute atomic E-state index is 0.163. The summed E-state index contributed by atoms with van der Waals surface area (Å²) in [6, 6.07) is 18.2. The van der Waals surface area contributed by atoms with E-state index in [-0.39, 0.29) is 12.2 Å². The molecule has 26 heavy (non-hydrogen) atoms. The Kier molecular flexibility index (Phi) is 5.17. The highest BCUT2D eigenvalue weighted by Crippen LogP contribution is 2.24. The Labute approximate surface area is 151 Å². The van der Waals surface area contributed by atoms with E-state index >= 15 is 0 Å². The monoisotopic (exact) mass is 349 g/mol. The number of amides is 1. The van der Waals surface area contributed by atoms with E-state index in [2.05, 4.69) is 12.2 Å². The summed E-state index contributed by atoms with van der Waals surface area (Å²) in [6.45, 7) is 2.09. The molecule has 0 aliphatic heterocycles. The van der Waals surface area contributed by atoms with Crippen LogP contribution >= 0.6 is 0 Å². The Morgan fingerprint density at radius 2 is 1.73 bits per heavy atom. The average Bonchev–Trinajstić information content (AvgIpc) is 3.13. The molecule has 0 atom stereocenters. The van der Waals surface area contributed by atoms with E-state index in [0.717, 1.165) is 12.0 Å². The predicted molar refractivity (Wildman–Crippen MR) is 99.3 cm³/mol. The van der Waals surface area contributed by atoms with Crippen molar-refractivity contribution in [2.24, 2.45) is 0 Å². The van der Waals surface area contributed by atoms with E-state index in [0.29, 0.717) is 17.0 Å². The maximum atomic E-state index is 12.4. The molecule has 3 rings (SSSR count). The molecule has 132 valence electrons. The molecule has 0 saturated heterocycles. The van der Waals surface area contributed by atoms with Crippen molar-refractivity contribution in [3.8, 4) is 11.3 Å². The third-order valence-electron chi connectivity index (χ3n) is 4.08. The third kappa shape index (κ3) is 4.00. The van der Waals surface area contributed by atoms with Crippen LogP contribution in [0.5, 0.6) is 0 Å². The molecule has 0 bridgehead atoms. The van der Waals surface area contributed by atoms with Crippen molar-refractivity contribution in [2.75, 3.05) is 5.32 Å². The van der Waals surface area contributed by atoms with Gasteiger partial charge in [-0.1, -0.05) is 49.4 Å². The summed E-state index contributed by atoms with van der Waals surface area (Å²) in [5, 5.41) is 11.7. The minimum atomic E-state index is -0.956. The topological polar surface area (TPSA) is 79.5 Å². The first kappa shape index (κ1) is 17.5. The molecule has 5 nitrogen and oxygen atoms in total. The maximum absolute atomic E-state index is 12.4. The van der Waals surface area contributed by atoms with Gasteiger partial charge in [-0.2, -0.15) is 0 Å². The van der Waals surface area contributed by atoms with Crippen molar-refractivity contribution in [1.82, 2.24) is 0 Å². The normalized spacial score (nSPS) is 10.5. The molecule has 0 aliphatic carbocycles. The summed E-state index contributed by atoms with van der Waals surface area (Å²) in [4.78, 5) is 23.4. The van der Waals surface area contributed by atoms with E-state index in [1.807, 2.05) is 24.3 Å². The van der Waals surface area contributed by atoms with E-state index in [9.17, 15) is 9.59 Å². The van der Waals surface area contributed by atoms with E-state index in [1.165, 1.54) is 5.56 Å². The van der Waals surface area contributed by atoms with Crippen LogP contribution in [-0.2, 0) is 17.6 Å². The van der Waals surface area contributed by atoms with Crippen molar-refractivity contribution in [1.29, 1.82) is 0 Å². The van der Waals surface area contributed by atoms with Crippen molar-refractivity contribution >= 4 is 17.6 Å². The molecule has 2 N–H and O–H groups in total. The molecule has 5 heteroatoms. The Hall–Kier alpha value is -3.34. The van der Waals surface area contributed by atoms with E-state index in [1.54, 1.807) is 36.4 Å². The van der Waals surface area contributed by atoms with Gasteiger partial charge in [0.05, 0.1) is 6.42 Å². The van der Waals surface area contributed by atoms with Gasteiger partial charge in [-0.3, -0.25) is 9.59 Å². The van der Waals surface area contributed by atoms with Gasteiger partial charge in [-0.15, -0.1) is 0 Å². The Morgan fingerprint density at radius 1 is 1.00 bits per heavy atom. The number of para-hydroxylation sites is 1. The van der Waals surface area contributed by atoms with Gasteiger partial charge in [0.25, 0.3) is 5.91 Å². The quantitative estimate of drug-likeness (QED) is 0.692. The standard InChI is InChI=1S/C21H19NO4/c1-2-14-7-9-15(10-8-14)18-11-12-19(26-18)21(25)22-17-6-4-3-5-16(17)13-20(23)24/h3-12H,2,13H2,1H3,(H,22,25)(H,23,24). The van der Waals surface area contributed by atoms with Crippen LogP contribution in [0.4, 0.5) is 5.69 Å². The highest BCUT2D eigenvalue weighted by molar-refractivity contribution is 6.03. The molecule has 0 spiro atoms. The van der Waals surface area contributed by atoms with Crippen LogP contribution in [0.25, 0.3) is 11.3 Å². The van der Waals surface area contributed by atoms with Crippen LogP contribution in [-0.4, -0.2) is 17.0 Å². The number of aliphatic carboxylic acids is 1. The Morgan fingerprint density at radius 3 is 2.42 bits per heavy atom. The second-order valence-corrected chi connectivity index (χ2v) is 5.90. The van der Waals surface area contributed by atoms with Gasteiger partial charge in [0.2, 0.25) is 0 Å². The van der Waals surface area contributed by atoms with Gasteiger partial charge in [-0.05, 0) is 35.7 Å². The molecule has 1 heterocycles. The zero-order valence-electron chi connectivity index (χ0n) is 14.4. The van der Waals surface area contributed by atoms with Crippen molar-refractivity contribution in [3.63, 3.8) is 0 Å². The SMILES string of the molecule is CCc1ccc(-c2ccc(C(=O)Nc3ccccc3CC(=O)O)o2)cc1. The van der Waals surface area contributed by atoms with Crippen molar-refractivity contribution in [2.45, 2.75) is 19.8 Å². The van der Waals surface area contributed by atoms with E-state index < -0.39 is 11.9 Å². The van der Waals surface area contributed by atoms with Gasteiger partial charge in [-0.25, -0.2) is 0 Å². The van der Waals surface area contributed by atoms with Gasteiger partial charge >= 0.3 is 5.97 Å². The van der Waals surface area contributed by atoms with Gasteiger partial charge in [0.1, 0.15) is 5.76 Å². The first-order valence-electron chi connectivity index (χ1n) is 8.37. The fourth-order valence-electron chi connectivity index (χ4n) is 2.66. The first-order valence-corrected chi connectivity index (χ1v) is 8.37. The average molecular weight is 349 g/mol. The zero-order valence-corrected chi connectivity index (χ0v) is 14.4. The number of aryl methyl sites for hydroxylation is 1. The van der Waals surface area contributed by atoms with Gasteiger partial charge in [0, 0.05) is 11.3 Å². The number of carboxylic acid groups (broad SMARTS) is 1. The van der Waals surface area contributed by atoms with Crippen molar-refractivity contribution in [3.05, 3.63) is 77.6 Å². The predicted octanol–water partition coefficient (Wildman–Crippen LogP) is 4.39. The number of nitrogens with one attached hydrogen (secondary N) is 1. The van der Waals surface area contributed by atoms with Crippen LogP contribution in [0.3, 0.4) is 0 Å². The summed E-state index contributed by atoms with van der Waals surface area (Å²) >= 11 is 0. The highest BCUT2D eigenvalue weighted by atomic mass is 16.4. The number of carbonyl (C=O) groups excluding carboxylic acids is 1. The second-order valence-electron chi connectivity index (χ2n) is 5.90. The van der Waals surface area contributed by atoms with E-state index in [4.69, 9.17) is 9.52 Å². The third-order valence-corrected chi connectivity index (χ3v) is 4.08. The number of anilines is 1. The molecule has 3 aromatic rings. The zero-order chi connectivity index (χ0) is 18.5. The number of furan rings is 1. The minimum Gasteiger partial charge on any atom is -0.481 e. The van der Waals surface area contributed by atoms with Crippen LogP contribution < -0.4 is 5.32 Å². The summed E-state index contributed by atoms with van der Waals surface area (Å²) < 4.78 is 5.67. The molecule has 0 aliphatic rings. The van der Waals surface area contributed by atoms with Gasteiger partial charge in [0.15, 0.2) is 5.76 Å². The number of carboxylic acids is 1. The summed E-state index contributed by atoms with van der Waals surface area (Å²) in [5.74, 6) is -0.594. The molecule has 1 aromatic heterocycles. The molecule has 0 radical (unpaired) electrons. The van der Waals surface area contributed by atoms with Crippen LogP contribution in [0.2, 0.25) is 0 Å². The lowest BCUT2D eigenvalue weighted by molar-refractivity contribution is -0.136. The highest BCUT2D eigenvalue weighted by Gasteiger charge is 2.15. The first-order chi connectivity index (χ1) is 12.6. The lowest BCUT2D eigenvalue weighted by atomic mass is 10.1. The molecular weight excluding hydrogens is 330 g/mol. The summed E-state index contributed by atoms with van der Waals surface area (Å²) in [5.41, 5.74) is 3.13. The lowest BCUT2D eigenvalue weighted by Crippen LogP contribution is -2.13. The molecule has 0 saturated carbocycles. The lowest BCUT2D eigenvalue weighted by Gasteiger charge is -2.08. The van der Waals surface area contributed by atoms with Crippen LogP contribution in [0.15, 0.2) is 65.1 Å². The number of benzene rings is 2. The summed E-state index contributed by atoms with van der Waals surface area (Å²) in [7, 11) is 0. The fraction of sp³-hybridized carbons (Fsp3) is 0.143. The Balaban J connectivity index is 1.77. The van der Waals surface area contributed by atoms with Crippen LogP contribution in [0, 0.1) is 0 Å². The molecule has 1 amide bonds. The maximum Gasteiger partial charge on any atom is 0.307 e. The molecular formula is C21H19NO4. The molecule has 2 aromatic carbocycles. The second kappa shape index (κ2) is 7.70. The smallest absolute Gasteiger partial charge is 0.307 e. The number of rotatable bonds is 6. The molecule has 0 fully saturated rings. The van der Waals surface area contributed by atoms with Crippen molar-refractivity contribution < 1.29 is 19.1 Å². The summed E-state index contributed by atoms with van der Waals surface area (Å²) in [6.07, 6.45) is 0.797.